The fourth-order valence-corrected chi connectivity index (χ4v) is 3.15. The first-order chi connectivity index (χ1) is 13.5. The molecule has 4 rings (SSSR count). The molecule has 28 heavy (non-hydrogen) atoms. The summed E-state index contributed by atoms with van der Waals surface area (Å²) in [5.41, 5.74) is 1.26. The third-order valence-corrected chi connectivity index (χ3v) is 4.50. The SMILES string of the molecule is O=C(Cn1cnc2c(cnn2-c2cccc(Cl)c2)c1=O)Nc1cccc(Cl)c1. The van der Waals surface area contributed by atoms with Gasteiger partial charge in [-0.3, -0.25) is 14.2 Å². The second-order valence-corrected chi connectivity index (χ2v) is 6.88. The van der Waals surface area contributed by atoms with Crippen molar-refractivity contribution in [3.05, 3.63) is 81.5 Å². The number of aromatic nitrogens is 4. The van der Waals surface area contributed by atoms with E-state index in [9.17, 15) is 9.59 Å². The number of amides is 1. The Bertz CT molecular complexity index is 1250. The van der Waals surface area contributed by atoms with Gasteiger partial charge in [-0.15, -0.1) is 0 Å². The Kier molecular flexibility index (Phi) is 4.85. The minimum atomic E-state index is -0.368. The summed E-state index contributed by atoms with van der Waals surface area (Å²) in [6.45, 7) is -0.184. The third-order valence-electron chi connectivity index (χ3n) is 4.03. The molecule has 1 amide bonds. The van der Waals surface area contributed by atoms with E-state index >= 15 is 0 Å². The van der Waals surface area contributed by atoms with Gasteiger partial charge in [-0.1, -0.05) is 35.3 Å². The van der Waals surface area contributed by atoms with E-state index in [1.165, 1.54) is 21.8 Å². The molecule has 0 bridgehead atoms. The van der Waals surface area contributed by atoms with Crippen LogP contribution in [0.15, 0.2) is 65.8 Å². The molecule has 0 atom stereocenters. The van der Waals surface area contributed by atoms with Gasteiger partial charge >= 0.3 is 0 Å². The maximum absolute atomic E-state index is 12.7. The summed E-state index contributed by atoms with van der Waals surface area (Å²) >= 11 is 11.9. The van der Waals surface area contributed by atoms with Crippen molar-refractivity contribution >= 4 is 45.8 Å². The first-order valence-corrected chi connectivity index (χ1v) is 9.01. The minimum absolute atomic E-state index is 0.184. The van der Waals surface area contributed by atoms with Crippen LogP contribution in [0.3, 0.4) is 0 Å². The number of benzene rings is 2. The molecule has 2 aromatic heterocycles. The molecule has 2 aromatic carbocycles. The van der Waals surface area contributed by atoms with E-state index in [1.807, 2.05) is 6.07 Å². The van der Waals surface area contributed by atoms with Crippen molar-refractivity contribution in [2.75, 3.05) is 5.32 Å². The van der Waals surface area contributed by atoms with Crippen LogP contribution in [0.25, 0.3) is 16.7 Å². The minimum Gasteiger partial charge on any atom is -0.324 e. The maximum atomic E-state index is 12.7. The quantitative estimate of drug-likeness (QED) is 0.554. The lowest BCUT2D eigenvalue weighted by molar-refractivity contribution is -0.116. The zero-order valence-electron chi connectivity index (χ0n) is 14.3. The number of carbonyl (C=O) groups is 1. The average molecular weight is 414 g/mol. The van der Waals surface area contributed by atoms with Crippen molar-refractivity contribution < 1.29 is 4.79 Å². The van der Waals surface area contributed by atoms with Gasteiger partial charge in [0, 0.05) is 15.7 Å². The lowest BCUT2D eigenvalue weighted by atomic mass is 10.3. The molecule has 0 aliphatic carbocycles. The van der Waals surface area contributed by atoms with Gasteiger partial charge < -0.3 is 5.32 Å². The number of nitrogens with one attached hydrogen (secondary N) is 1. The molecule has 140 valence electrons. The molecule has 1 N–H and O–H groups in total. The van der Waals surface area contributed by atoms with Crippen molar-refractivity contribution in [3.63, 3.8) is 0 Å². The first-order valence-electron chi connectivity index (χ1n) is 8.26. The van der Waals surface area contributed by atoms with E-state index in [0.717, 1.165) is 0 Å². The van der Waals surface area contributed by atoms with E-state index < -0.39 is 0 Å². The number of hydrogen-bond donors (Lipinski definition) is 1. The molecule has 0 unspecified atom stereocenters. The highest BCUT2D eigenvalue weighted by atomic mass is 35.5. The van der Waals surface area contributed by atoms with Gasteiger partial charge in [-0.2, -0.15) is 5.10 Å². The molecule has 0 aliphatic rings. The molecule has 0 fully saturated rings. The maximum Gasteiger partial charge on any atom is 0.264 e. The van der Waals surface area contributed by atoms with Crippen molar-refractivity contribution in [1.82, 2.24) is 19.3 Å². The van der Waals surface area contributed by atoms with Gasteiger partial charge in [0.15, 0.2) is 5.65 Å². The molecule has 0 saturated carbocycles. The number of fused-ring (bicyclic) bond motifs is 1. The standard InChI is InChI=1S/C19H13Cl2N5O2/c20-12-3-1-5-14(7-12)24-17(27)10-25-11-22-18-16(19(25)28)9-23-26(18)15-6-2-4-13(21)8-15/h1-9,11H,10H2,(H,24,27). The van der Waals surface area contributed by atoms with E-state index in [1.54, 1.807) is 42.5 Å². The number of carbonyl (C=O) groups excluding carboxylic acids is 1. The van der Waals surface area contributed by atoms with Crippen LogP contribution in [-0.2, 0) is 11.3 Å². The second kappa shape index (κ2) is 7.46. The summed E-state index contributed by atoms with van der Waals surface area (Å²) < 4.78 is 2.76. The summed E-state index contributed by atoms with van der Waals surface area (Å²) in [6, 6.07) is 13.8. The molecular weight excluding hydrogens is 401 g/mol. The van der Waals surface area contributed by atoms with Gasteiger partial charge in [0.05, 0.1) is 11.9 Å². The Morgan fingerprint density at radius 3 is 2.57 bits per heavy atom. The second-order valence-electron chi connectivity index (χ2n) is 6.01. The summed E-state index contributed by atoms with van der Waals surface area (Å²) in [6.07, 6.45) is 2.75. The summed E-state index contributed by atoms with van der Waals surface area (Å²) in [7, 11) is 0. The molecule has 9 heteroatoms. The first kappa shape index (κ1) is 18.2. The number of hydrogen-bond acceptors (Lipinski definition) is 4. The number of nitrogens with zero attached hydrogens (tertiary/aromatic N) is 4. The van der Waals surface area contributed by atoms with Gasteiger partial charge in [0.2, 0.25) is 5.91 Å². The van der Waals surface area contributed by atoms with Gasteiger partial charge in [-0.05, 0) is 36.4 Å². The Balaban J connectivity index is 1.62. The van der Waals surface area contributed by atoms with Crippen molar-refractivity contribution in [2.24, 2.45) is 0 Å². The lowest BCUT2D eigenvalue weighted by Crippen LogP contribution is -2.27. The van der Waals surface area contributed by atoms with Crippen LogP contribution in [0.2, 0.25) is 10.0 Å². The number of halogens is 2. The van der Waals surface area contributed by atoms with Gasteiger partial charge in [0.25, 0.3) is 5.56 Å². The fourth-order valence-electron chi connectivity index (χ4n) is 2.78. The highest BCUT2D eigenvalue weighted by Gasteiger charge is 2.13. The molecule has 0 spiro atoms. The average Bonchev–Trinajstić information content (AvgIpc) is 3.09. The summed E-state index contributed by atoms with van der Waals surface area (Å²) in [5, 5.41) is 8.29. The molecule has 2 heterocycles. The molecule has 0 saturated heterocycles. The van der Waals surface area contributed by atoms with E-state index in [4.69, 9.17) is 23.2 Å². The lowest BCUT2D eigenvalue weighted by Gasteiger charge is -2.08. The van der Waals surface area contributed by atoms with E-state index in [2.05, 4.69) is 15.4 Å². The highest BCUT2D eigenvalue weighted by molar-refractivity contribution is 6.31. The molecule has 4 aromatic rings. The molecule has 0 radical (unpaired) electrons. The zero-order valence-corrected chi connectivity index (χ0v) is 15.9. The summed E-state index contributed by atoms with van der Waals surface area (Å²) in [4.78, 5) is 29.3. The molecular formula is C19H13Cl2N5O2. The van der Waals surface area contributed by atoms with Crippen LogP contribution < -0.4 is 10.9 Å². The summed E-state index contributed by atoms with van der Waals surface area (Å²) in [5.74, 6) is -0.368. The van der Waals surface area contributed by atoms with Crippen molar-refractivity contribution in [2.45, 2.75) is 6.54 Å². The molecule has 0 aliphatic heterocycles. The largest absolute Gasteiger partial charge is 0.324 e. The monoisotopic (exact) mass is 413 g/mol. The van der Waals surface area contributed by atoms with E-state index in [0.29, 0.717) is 32.5 Å². The van der Waals surface area contributed by atoms with E-state index in [-0.39, 0.29) is 18.0 Å². The Hall–Kier alpha value is -3.16. The topological polar surface area (TPSA) is 81.8 Å². The highest BCUT2D eigenvalue weighted by Crippen LogP contribution is 2.18. The van der Waals surface area contributed by atoms with Crippen LogP contribution in [0, 0.1) is 0 Å². The fraction of sp³-hybridized carbons (Fsp3) is 0.0526. The normalized spacial score (nSPS) is 10.9. The Morgan fingerprint density at radius 2 is 1.82 bits per heavy atom. The van der Waals surface area contributed by atoms with Crippen LogP contribution in [0.5, 0.6) is 0 Å². The predicted octanol–water partition coefficient (Wildman–Crippen LogP) is 3.53. The Labute approximate surface area is 169 Å². The van der Waals surface area contributed by atoms with Crippen LogP contribution in [0.1, 0.15) is 0 Å². The Morgan fingerprint density at radius 1 is 1.07 bits per heavy atom. The molecule has 7 nitrogen and oxygen atoms in total. The van der Waals surface area contributed by atoms with Crippen LogP contribution in [-0.4, -0.2) is 25.2 Å². The van der Waals surface area contributed by atoms with Crippen LogP contribution >= 0.6 is 23.2 Å². The van der Waals surface area contributed by atoms with Crippen LogP contribution in [0.4, 0.5) is 5.69 Å². The number of anilines is 1. The van der Waals surface area contributed by atoms with Gasteiger partial charge in [-0.25, -0.2) is 9.67 Å². The predicted molar refractivity (Wildman–Crippen MR) is 108 cm³/mol. The van der Waals surface area contributed by atoms with Crippen molar-refractivity contribution in [3.8, 4) is 5.69 Å². The van der Waals surface area contributed by atoms with Crippen molar-refractivity contribution in [1.29, 1.82) is 0 Å². The van der Waals surface area contributed by atoms with Gasteiger partial charge in [0.1, 0.15) is 18.3 Å². The zero-order chi connectivity index (χ0) is 19.7. The number of rotatable bonds is 4. The third kappa shape index (κ3) is 3.62. The smallest absolute Gasteiger partial charge is 0.264 e.